The van der Waals surface area contributed by atoms with Crippen molar-refractivity contribution in [3.8, 4) is 0 Å². The van der Waals surface area contributed by atoms with Crippen LogP contribution in [0.4, 0.5) is 5.69 Å². The zero-order valence-electron chi connectivity index (χ0n) is 11.8. The van der Waals surface area contributed by atoms with Crippen LogP contribution in [0.3, 0.4) is 0 Å². The predicted molar refractivity (Wildman–Crippen MR) is 81.7 cm³/mol. The molecule has 0 saturated carbocycles. The number of aromatic nitrogens is 2. The van der Waals surface area contributed by atoms with Gasteiger partial charge in [-0.1, -0.05) is 0 Å². The molecular weight excluding hydrogens is 319 g/mol. The molecule has 0 aliphatic heterocycles. The van der Waals surface area contributed by atoms with Crippen LogP contribution >= 0.6 is 0 Å². The van der Waals surface area contributed by atoms with Gasteiger partial charge in [-0.2, -0.15) is 0 Å². The molecule has 0 aliphatic carbocycles. The van der Waals surface area contributed by atoms with E-state index in [1.54, 1.807) is 0 Å². The number of rotatable bonds is 6. The van der Waals surface area contributed by atoms with Gasteiger partial charge < -0.3 is 0 Å². The topological polar surface area (TPSA) is 80.9 Å². The molecule has 20 heavy (non-hydrogen) atoms. The number of nitrogens with two attached hydrogens (primary N) is 1. The fraction of sp³-hybridized carbons (Fsp3) is 0.500. The minimum absolute atomic E-state index is 0.00380. The Morgan fingerprint density at radius 3 is 2.90 bits per heavy atom. The van der Waals surface area contributed by atoms with Crippen LogP contribution in [0.15, 0.2) is 18.2 Å². The van der Waals surface area contributed by atoms with E-state index in [0.717, 1.165) is 23.1 Å². The Balaban J connectivity index is 2.02. The summed E-state index contributed by atoms with van der Waals surface area (Å²) in [5.41, 5.74) is 8.19. The van der Waals surface area contributed by atoms with Crippen LogP contribution < -0.4 is 11.1 Å². The molecule has 108 valence electrons. The Morgan fingerprint density at radius 1 is 1.40 bits per heavy atom. The number of benzene rings is 1. The van der Waals surface area contributed by atoms with E-state index in [4.69, 9.17) is 5.73 Å². The van der Waals surface area contributed by atoms with Gasteiger partial charge in [0.25, 0.3) is 0 Å². The zero-order valence-corrected chi connectivity index (χ0v) is 13.5. The number of fused-ring (bicyclic) bond motifs is 1. The number of nitrogens with zero attached hydrogens (tertiary/aromatic N) is 2. The molecule has 0 radical (unpaired) electrons. The average molecular weight is 339 g/mol. The fourth-order valence-electron chi connectivity index (χ4n) is 2.30. The maximum absolute atomic E-state index is 12.1. The van der Waals surface area contributed by atoms with Gasteiger partial charge in [-0.05, 0) is 0 Å². The van der Waals surface area contributed by atoms with Crippen molar-refractivity contribution >= 4 is 37.6 Å². The van der Waals surface area contributed by atoms with E-state index >= 15 is 0 Å². The Morgan fingerprint density at radius 2 is 2.20 bits per heavy atom. The standard InChI is InChI=1S/C14H20N4OSe/c1-9(2)6-10(8-15)7-13(19)16-11-4-3-5-12-14(11)18-20-17-12/h3-5,9-10H,6-8,15H2,1-2H3,(H,16,19). The van der Waals surface area contributed by atoms with E-state index < -0.39 is 0 Å². The molecule has 1 heterocycles. The summed E-state index contributed by atoms with van der Waals surface area (Å²) in [6.07, 6.45) is 1.43. The van der Waals surface area contributed by atoms with Crippen LogP contribution in [0, 0.1) is 11.8 Å². The van der Waals surface area contributed by atoms with Crippen molar-refractivity contribution in [2.24, 2.45) is 17.6 Å². The molecule has 2 aromatic rings. The second-order valence-corrected chi connectivity index (χ2v) is 6.53. The molecule has 1 amide bonds. The zero-order chi connectivity index (χ0) is 14.5. The van der Waals surface area contributed by atoms with Crippen molar-refractivity contribution in [3.05, 3.63) is 18.2 Å². The Hall–Kier alpha value is -1.23. The molecule has 0 bridgehead atoms. The molecule has 5 nitrogen and oxygen atoms in total. The van der Waals surface area contributed by atoms with Gasteiger partial charge in [-0.3, -0.25) is 0 Å². The summed E-state index contributed by atoms with van der Waals surface area (Å²) in [6, 6.07) is 5.69. The number of hydrogen-bond donors (Lipinski definition) is 2. The fourth-order valence-corrected chi connectivity index (χ4v) is 3.45. The molecule has 1 atom stereocenters. The van der Waals surface area contributed by atoms with Gasteiger partial charge in [-0.15, -0.1) is 0 Å². The van der Waals surface area contributed by atoms with Crippen molar-refractivity contribution in [3.63, 3.8) is 0 Å². The summed E-state index contributed by atoms with van der Waals surface area (Å²) in [4.78, 5) is 12.1. The van der Waals surface area contributed by atoms with Crippen molar-refractivity contribution in [2.45, 2.75) is 26.7 Å². The number of carbonyl (C=O) groups is 1. The number of carbonyl (C=O) groups excluding carboxylic acids is 1. The van der Waals surface area contributed by atoms with E-state index in [1.807, 2.05) is 18.2 Å². The Bertz CT molecular complexity index is 581. The van der Waals surface area contributed by atoms with E-state index in [2.05, 4.69) is 27.1 Å². The van der Waals surface area contributed by atoms with Crippen molar-refractivity contribution < 1.29 is 4.79 Å². The molecule has 6 heteroatoms. The van der Waals surface area contributed by atoms with Crippen molar-refractivity contribution in [1.82, 2.24) is 7.96 Å². The van der Waals surface area contributed by atoms with Gasteiger partial charge in [0.1, 0.15) is 0 Å². The summed E-state index contributed by atoms with van der Waals surface area (Å²) in [7, 11) is 0. The predicted octanol–water partition coefficient (Wildman–Crippen LogP) is 1.64. The normalized spacial score (nSPS) is 12.8. The number of hydrogen-bond acceptors (Lipinski definition) is 4. The first-order chi connectivity index (χ1) is 9.60. The van der Waals surface area contributed by atoms with E-state index in [-0.39, 0.29) is 26.8 Å². The third-order valence-electron chi connectivity index (χ3n) is 3.17. The van der Waals surface area contributed by atoms with Gasteiger partial charge in [0.05, 0.1) is 0 Å². The summed E-state index contributed by atoms with van der Waals surface area (Å²) in [6.45, 7) is 4.83. The van der Waals surface area contributed by atoms with Crippen LogP contribution in [0.5, 0.6) is 0 Å². The van der Waals surface area contributed by atoms with E-state index in [1.165, 1.54) is 0 Å². The molecule has 0 spiro atoms. The van der Waals surface area contributed by atoms with Crippen LogP contribution in [-0.2, 0) is 4.79 Å². The molecular formula is C14H20N4OSe. The third-order valence-corrected chi connectivity index (χ3v) is 4.31. The molecule has 1 aromatic heterocycles. The minimum atomic E-state index is -0.0827. The second kappa shape index (κ2) is 6.97. The van der Waals surface area contributed by atoms with Crippen LogP contribution in [0.25, 0.3) is 11.0 Å². The van der Waals surface area contributed by atoms with Crippen molar-refractivity contribution in [1.29, 1.82) is 0 Å². The van der Waals surface area contributed by atoms with Crippen molar-refractivity contribution in [2.75, 3.05) is 11.9 Å². The molecule has 3 N–H and O–H groups in total. The first-order valence-corrected chi connectivity index (χ1v) is 8.34. The van der Waals surface area contributed by atoms with Gasteiger partial charge in [0.15, 0.2) is 0 Å². The first-order valence-electron chi connectivity index (χ1n) is 6.81. The molecule has 1 aromatic carbocycles. The molecule has 0 aliphatic rings. The van der Waals surface area contributed by atoms with Crippen LogP contribution in [-0.4, -0.2) is 35.4 Å². The number of anilines is 1. The number of nitrogens with one attached hydrogen (secondary N) is 1. The molecule has 0 saturated heterocycles. The van der Waals surface area contributed by atoms with Crippen LogP contribution in [0.2, 0.25) is 0 Å². The quantitative estimate of drug-likeness (QED) is 0.784. The summed E-state index contributed by atoms with van der Waals surface area (Å²) in [5.74, 6) is 0.788. The summed E-state index contributed by atoms with van der Waals surface area (Å²) in [5, 5.41) is 2.94. The second-order valence-electron chi connectivity index (χ2n) is 5.42. The average Bonchev–Trinajstić information content (AvgIpc) is 2.86. The van der Waals surface area contributed by atoms with Crippen LogP contribution in [0.1, 0.15) is 26.7 Å². The van der Waals surface area contributed by atoms with E-state index in [0.29, 0.717) is 18.9 Å². The van der Waals surface area contributed by atoms with Gasteiger partial charge in [0.2, 0.25) is 0 Å². The van der Waals surface area contributed by atoms with E-state index in [9.17, 15) is 4.79 Å². The third kappa shape index (κ3) is 3.88. The number of amides is 1. The SMILES string of the molecule is CC(C)CC(CN)CC(=O)Nc1cccc2n[se]nc12. The Labute approximate surface area is 125 Å². The molecule has 2 rings (SSSR count). The monoisotopic (exact) mass is 340 g/mol. The molecule has 0 fully saturated rings. The van der Waals surface area contributed by atoms with Gasteiger partial charge in [0, 0.05) is 0 Å². The molecule has 1 unspecified atom stereocenters. The van der Waals surface area contributed by atoms with Gasteiger partial charge in [-0.25, -0.2) is 0 Å². The van der Waals surface area contributed by atoms with Gasteiger partial charge >= 0.3 is 125 Å². The summed E-state index contributed by atoms with van der Waals surface area (Å²) < 4.78 is 8.66. The first kappa shape index (κ1) is 15.2. The Kier molecular flexibility index (Phi) is 5.29. The maximum atomic E-state index is 12.1. The summed E-state index contributed by atoms with van der Waals surface area (Å²) >= 11 is -0.0827.